The lowest BCUT2D eigenvalue weighted by Gasteiger charge is -2.36. The van der Waals surface area contributed by atoms with Crippen molar-refractivity contribution in [1.82, 2.24) is 10.2 Å². The molecular formula is C27H34N2O3. The molecule has 2 aromatic rings. The van der Waals surface area contributed by atoms with Crippen LogP contribution in [0.1, 0.15) is 60.0 Å². The number of carbonyl (C=O) groups is 1. The van der Waals surface area contributed by atoms with Crippen molar-refractivity contribution in [1.29, 1.82) is 0 Å². The number of fused-ring (bicyclic) bond motifs is 1. The van der Waals surface area contributed by atoms with Crippen LogP contribution in [0.2, 0.25) is 0 Å². The number of nitrogens with one attached hydrogen (secondary N) is 1. The third kappa shape index (κ3) is 4.63. The topological polar surface area (TPSA) is 50.8 Å². The Bertz CT molecular complexity index is 921. The number of methoxy groups -OCH3 is 1. The number of rotatable bonds is 6. The maximum atomic E-state index is 13.3. The number of carbonyl (C=O) groups excluding carboxylic acids is 1. The van der Waals surface area contributed by atoms with E-state index in [4.69, 9.17) is 9.47 Å². The second-order valence-corrected chi connectivity index (χ2v) is 9.50. The maximum Gasteiger partial charge on any atom is 0.255 e. The van der Waals surface area contributed by atoms with Gasteiger partial charge in [-0.05, 0) is 67.9 Å². The smallest absolute Gasteiger partial charge is 0.255 e. The van der Waals surface area contributed by atoms with Crippen molar-refractivity contribution in [2.45, 2.75) is 69.6 Å². The number of likely N-dealkylation sites (tertiary alicyclic amines) is 1. The molecular weight excluding hydrogens is 400 g/mol. The molecule has 32 heavy (non-hydrogen) atoms. The van der Waals surface area contributed by atoms with E-state index >= 15 is 0 Å². The number of benzene rings is 2. The normalized spacial score (nSPS) is 20.3. The second kappa shape index (κ2) is 9.53. The van der Waals surface area contributed by atoms with Gasteiger partial charge in [0.15, 0.2) is 0 Å². The average molecular weight is 435 g/mol. The Hall–Kier alpha value is -2.53. The zero-order chi connectivity index (χ0) is 21.9. The molecule has 2 aliphatic carbocycles. The molecule has 5 heteroatoms. The van der Waals surface area contributed by atoms with E-state index in [1.54, 1.807) is 13.2 Å². The van der Waals surface area contributed by atoms with Gasteiger partial charge in [0, 0.05) is 25.2 Å². The fourth-order valence-corrected chi connectivity index (χ4v) is 5.65. The molecule has 0 unspecified atom stereocenters. The molecule has 0 aromatic heterocycles. The minimum Gasteiger partial charge on any atom is -0.497 e. The number of ether oxygens (including phenoxy) is 2. The molecule has 1 saturated carbocycles. The third-order valence-electron chi connectivity index (χ3n) is 7.43. The van der Waals surface area contributed by atoms with Crippen molar-refractivity contribution in [3.05, 3.63) is 59.2 Å². The van der Waals surface area contributed by atoms with Crippen molar-refractivity contribution in [2.24, 2.45) is 0 Å². The summed E-state index contributed by atoms with van der Waals surface area (Å²) < 4.78 is 11.8. The van der Waals surface area contributed by atoms with Crippen molar-refractivity contribution < 1.29 is 14.3 Å². The number of piperidine rings is 1. The first kappa shape index (κ1) is 21.3. The van der Waals surface area contributed by atoms with Gasteiger partial charge in [0.1, 0.15) is 17.6 Å². The molecule has 1 heterocycles. The number of hydrogen-bond donors (Lipinski definition) is 1. The summed E-state index contributed by atoms with van der Waals surface area (Å²) in [6, 6.07) is 14.9. The van der Waals surface area contributed by atoms with Crippen LogP contribution in [0.25, 0.3) is 0 Å². The second-order valence-electron chi connectivity index (χ2n) is 9.50. The van der Waals surface area contributed by atoms with Crippen LogP contribution in [-0.2, 0) is 12.8 Å². The highest BCUT2D eigenvalue weighted by atomic mass is 16.5. The van der Waals surface area contributed by atoms with Crippen LogP contribution < -0.4 is 14.8 Å². The Balaban J connectivity index is 1.24. The Labute approximate surface area is 191 Å². The van der Waals surface area contributed by atoms with Crippen LogP contribution in [0.3, 0.4) is 0 Å². The van der Waals surface area contributed by atoms with Crippen LogP contribution in [0, 0.1) is 0 Å². The first-order valence-electron chi connectivity index (χ1n) is 12.2. The van der Waals surface area contributed by atoms with Crippen LogP contribution in [0.5, 0.6) is 11.5 Å². The number of hydrogen-bond acceptors (Lipinski definition) is 4. The van der Waals surface area contributed by atoms with Gasteiger partial charge in [0.25, 0.3) is 5.91 Å². The highest BCUT2D eigenvalue weighted by Gasteiger charge is 2.29. The molecule has 1 aliphatic heterocycles. The quantitative estimate of drug-likeness (QED) is 0.733. The molecule has 1 amide bonds. The fourth-order valence-electron chi connectivity index (χ4n) is 5.65. The summed E-state index contributed by atoms with van der Waals surface area (Å²) in [4.78, 5) is 15.9. The standard InChI is InChI=1S/C27H34N2O3/c1-31-24-10-11-26(32-23-12-14-29(15-13-23)22-8-4-5-9-22)25(18-24)27(30)28-21-16-19-6-2-3-7-20(19)17-21/h2-3,6-7,10-11,18,21-23H,4-5,8-9,12-17H2,1H3,(H,28,30). The molecule has 2 fully saturated rings. The van der Waals surface area contributed by atoms with E-state index in [1.165, 1.54) is 36.8 Å². The average Bonchev–Trinajstić information content (AvgIpc) is 3.49. The molecule has 3 aliphatic rings. The van der Waals surface area contributed by atoms with E-state index in [-0.39, 0.29) is 18.1 Å². The van der Waals surface area contributed by atoms with Gasteiger partial charge in [0.05, 0.1) is 12.7 Å². The van der Waals surface area contributed by atoms with Gasteiger partial charge in [-0.1, -0.05) is 37.1 Å². The fraction of sp³-hybridized carbons (Fsp3) is 0.519. The van der Waals surface area contributed by atoms with E-state index < -0.39 is 0 Å². The van der Waals surface area contributed by atoms with E-state index in [9.17, 15) is 4.79 Å². The van der Waals surface area contributed by atoms with Crippen LogP contribution in [-0.4, -0.2) is 49.2 Å². The number of amides is 1. The molecule has 0 spiro atoms. The van der Waals surface area contributed by atoms with Crippen LogP contribution in [0.15, 0.2) is 42.5 Å². The monoisotopic (exact) mass is 434 g/mol. The van der Waals surface area contributed by atoms with Crippen molar-refractivity contribution in [2.75, 3.05) is 20.2 Å². The predicted molar refractivity (Wildman–Crippen MR) is 126 cm³/mol. The molecule has 0 radical (unpaired) electrons. The van der Waals surface area contributed by atoms with Crippen molar-refractivity contribution in [3.8, 4) is 11.5 Å². The van der Waals surface area contributed by atoms with Gasteiger partial charge in [-0.15, -0.1) is 0 Å². The lowest BCUT2D eigenvalue weighted by atomic mass is 10.0. The first-order chi connectivity index (χ1) is 15.7. The molecule has 5 nitrogen and oxygen atoms in total. The van der Waals surface area contributed by atoms with Crippen LogP contribution in [0.4, 0.5) is 0 Å². The molecule has 2 aromatic carbocycles. The number of nitrogens with zero attached hydrogens (tertiary/aromatic N) is 1. The summed E-state index contributed by atoms with van der Waals surface area (Å²) in [5.41, 5.74) is 3.22. The highest BCUT2D eigenvalue weighted by molar-refractivity contribution is 5.97. The van der Waals surface area contributed by atoms with Gasteiger partial charge in [-0.25, -0.2) is 0 Å². The van der Waals surface area contributed by atoms with Gasteiger partial charge in [0.2, 0.25) is 0 Å². The van der Waals surface area contributed by atoms with Gasteiger partial charge < -0.3 is 19.7 Å². The summed E-state index contributed by atoms with van der Waals surface area (Å²) in [5, 5.41) is 3.23. The van der Waals surface area contributed by atoms with Crippen molar-refractivity contribution >= 4 is 5.91 Å². The molecule has 170 valence electrons. The predicted octanol–water partition coefficient (Wildman–Crippen LogP) is 4.38. The molecule has 5 rings (SSSR count). The van der Waals surface area contributed by atoms with E-state index in [1.807, 2.05) is 12.1 Å². The summed E-state index contributed by atoms with van der Waals surface area (Å²) >= 11 is 0. The highest BCUT2D eigenvalue weighted by Crippen LogP contribution is 2.30. The third-order valence-corrected chi connectivity index (χ3v) is 7.43. The minimum absolute atomic E-state index is 0.0832. The zero-order valence-corrected chi connectivity index (χ0v) is 19.0. The first-order valence-corrected chi connectivity index (χ1v) is 12.2. The Morgan fingerprint density at radius 3 is 2.31 bits per heavy atom. The SMILES string of the molecule is COc1ccc(OC2CCN(C3CCCC3)CC2)c(C(=O)NC2Cc3ccccc3C2)c1. The Morgan fingerprint density at radius 2 is 1.66 bits per heavy atom. The lowest BCUT2D eigenvalue weighted by molar-refractivity contribution is 0.0748. The van der Waals surface area contributed by atoms with Gasteiger partial charge in [-0.2, -0.15) is 0 Å². The van der Waals surface area contributed by atoms with E-state index in [0.29, 0.717) is 17.1 Å². The van der Waals surface area contributed by atoms with Gasteiger partial charge in [-0.3, -0.25) is 4.79 Å². The molecule has 1 N–H and O–H groups in total. The summed E-state index contributed by atoms with van der Waals surface area (Å²) in [5.74, 6) is 1.26. The Morgan fingerprint density at radius 1 is 0.969 bits per heavy atom. The van der Waals surface area contributed by atoms with E-state index in [2.05, 4.69) is 34.5 Å². The minimum atomic E-state index is -0.0832. The van der Waals surface area contributed by atoms with Gasteiger partial charge >= 0.3 is 0 Å². The van der Waals surface area contributed by atoms with Crippen LogP contribution >= 0.6 is 0 Å². The lowest BCUT2D eigenvalue weighted by Crippen LogP contribution is -2.43. The maximum absolute atomic E-state index is 13.3. The largest absolute Gasteiger partial charge is 0.497 e. The summed E-state index contributed by atoms with van der Waals surface area (Å²) in [6.07, 6.45) is 9.38. The van der Waals surface area contributed by atoms with Crippen molar-refractivity contribution in [3.63, 3.8) is 0 Å². The zero-order valence-electron chi connectivity index (χ0n) is 19.0. The molecule has 0 bridgehead atoms. The summed E-state index contributed by atoms with van der Waals surface area (Å²) in [7, 11) is 1.63. The Kier molecular flexibility index (Phi) is 6.35. The molecule has 1 saturated heterocycles. The van der Waals surface area contributed by atoms with E-state index in [0.717, 1.165) is 44.8 Å². The molecule has 0 atom stereocenters. The summed E-state index contributed by atoms with van der Waals surface area (Å²) in [6.45, 7) is 2.18.